The Morgan fingerprint density at radius 3 is 2.71 bits per heavy atom. The van der Waals surface area contributed by atoms with Crippen LogP contribution >= 0.6 is 0 Å². The normalized spacial score (nSPS) is 13.2. The lowest BCUT2D eigenvalue weighted by atomic mass is 10.1. The number of hydrogen-bond donors (Lipinski definition) is 2. The Balaban J connectivity index is 3.12. The summed E-state index contributed by atoms with van der Waals surface area (Å²) in [6.45, 7) is 5.11. The zero-order chi connectivity index (χ0) is 13.0. The van der Waals surface area contributed by atoms with Gasteiger partial charge in [0.25, 0.3) is 5.91 Å². The van der Waals surface area contributed by atoms with Crippen LogP contribution in [0.2, 0.25) is 0 Å². The number of nitrogens with two attached hydrogens (primary N) is 1. The van der Waals surface area contributed by atoms with Crippen molar-refractivity contribution < 1.29 is 14.7 Å². The van der Waals surface area contributed by atoms with Gasteiger partial charge in [-0.05, 0) is 38.5 Å². The second-order valence-electron chi connectivity index (χ2n) is 3.85. The van der Waals surface area contributed by atoms with E-state index >= 15 is 0 Å². The van der Waals surface area contributed by atoms with Gasteiger partial charge in [0.05, 0.1) is 5.71 Å². The quantitative estimate of drug-likeness (QED) is 0.471. The number of amides is 1. The van der Waals surface area contributed by atoms with E-state index in [4.69, 9.17) is 15.7 Å². The summed E-state index contributed by atoms with van der Waals surface area (Å²) in [4.78, 5) is 11.0. The molecule has 3 N–H and O–H groups in total. The largest absolute Gasteiger partial charge is 0.480 e. The third-order valence-corrected chi connectivity index (χ3v) is 2.38. The van der Waals surface area contributed by atoms with E-state index in [1.54, 1.807) is 26.0 Å². The lowest BCUT2D eigenvalue weighted by molar-refractivity contribution is -0.123. The second kappa shape index (κ2) is 5.34. The molecule has 0 saturated carbocycles. The average molecular weight is 236 g/mol. The van der Waals surface area contributed by atoms with Crippen molar-refractivity contribution in [3.8, 4) is 5.75 Å². The molecular weight excluding hydrogens is 220 g/mol. The molecule has 0 aliphatic carbocycles. The third kappa shape index (κ3) is 3.21. The van der Waals surface area contributed by atoms with Crippen LogP contribution in [0.3, 0.4) is 0 Å². The molecule has 1 rings (SSSR count). The highest BCUT2D eigenvalue weighted by atomic mass is 16.5. The molecule has 1 aromatic rings. The van der Waals surface area contributed by atoms with Crippen LogP contribution in [0.15, 0.2) is 23.4 Å². The molecule has 0 spiro atoms. The van der Waals surface area contributed by atoms with E-state index in [9.17, 15) is 4.79 Å². The number of hydrogen-bond acceptors (Lipinski definition) is 4. The van der Waals surface area contributed by atoms with Crippen LogP contribution in [-0.4, -0.2) is 22.9 Å². The predicted octanol–water partition coefficient (Wildman–Crippen LogP) is 1.45. The highest BCUT2D eigenvalue weighted by Gasteiger charge is 2.14. The lowest BCUT2D eigenvalue weighted by Crippen LogP contribution is -2.31. The molecule has 0 fully saturated rings. The topological polar surface area (TPSA) is 84.9 Å². The Morgan fingerprint density at radius 1 is 1.53 bits per heavy atom. The van der Waals surface area contributed by atoms with Crippen molar-refractivity contribution in [1.29, 1.82) is 0 Å². The van der Waals surface area contributed by atoms with Crippen LogP contribution in [0.25, 0.3) is 0 Å². The van der Waals surface area contributed by atoms with Crippen molar-refractivity contribution in [2.24, 2.45) is 10.9 Å². The van der Waals surface area contributed by atoms with Crippen LogP contribution in [0, 0.1) is 6.92 Å². The number of primary amides is 1. The summed E-state index contributed by atoms with van der Waals surface area (Å²) < 4.78 is 5.44. The molecule has 0 aliphatic heterocycles. The van der Waals surface area contributed by atoms with E-state index < -0.39 is 12.0 Å². The number of carbonyl (C=O) groups excluding carboxylic acids is 1. The minimum Gasteiger partial charge on any atom is -0.480 e. The summed E-state index contributed by atoms with van der Waals surface area (Å²) in [6.07, 6.45) is -0.734. The molecule has 1 amide bonds. The van der Waals surface area contributed by atoms with Gasteiger partial charge < -0.3 is 15.7 Å². The second-order valence-corrected chi connectivity index (χ2v) is 3.85. The van der Waals surface area contributed by atoms with Gasteiger partial charge in [-0.1, -0.05) is 11.2 Å². The Bertz CT molecular complexity index is 455. The van der Waals surface area contributed by atoms with Gasteiger partial charge in [-0.25, -0.2) is 0 Å². The number of aryl methyl sites for hydroxylation is 1. The summed E-state index contributed by atoms with van der Waals surface area (Å²) in [7, 11) is 0. The van der Waals surface area contributed by atoms with E-state index in [0.717, 1.165) is 5.56 Å². The first-order chi connectivity index (χ1) is 7.95. The number of oxime groups is 1. The van der Waals surface area contributed by atoms with Crippen molar-refractivity contribution in [2.75, 3.05) is 0 Å². The molecule has 0 heterocycles. The SMILES string of the molecule is CC(=NO)c1ccc(C)cc1OC(C)C(N)=O. The van der Waals surface area contributed by atoms with Gasteiger partial charge in [0.15, 0.2) is 6.10 Å². The van der Waals surface area contributed by atoms with Gasteiger partial charge in [-0.2, -0.15) is 0 Å². The van der Waals surface area contributed by atoms with Crippen LogP contribution in [-0.2, 0) is 4.79 Å². The first-order valence-corrected chi connectivity index (χ1v) is 5.21. The van der Waals surface area contributed by atoms with Crippen LogP contribution in [0.5, 0.6) is 5.75 Å². The summed E-state index contributed by atoms with van der Waals surface area (Å²) in [5.41, 5.74) is 7.16. The van der Waals surface area contributed by atoms with E-state index in [1.807, 2.05) is 13.0 Å². The summed E-state index contributed by atoms with van der Waals surface area (Å²) in [5, 5.41) is 11.9. The van der Waals surface area contributed by atoms with Gasteiger partial charge >= 0.3 is 0 Å². The van der Waals surface area contributed by atoms with E-state index in [-0.39, 0.29) is 0 Å². The lowest BCUT2D eigenvalue weighted by Gasteiger charge is -2.15. The van der Waals surface area contributed by atoms with Crippen molar-refractivity contribution in [3.63, 3.8) is 0 Å². The fourth-order valence-corrected chi connectivity index (χ4v) is 1.33. The zero-order valence-corrected chi connectivity index (χ0v) is 10.1. The van der Waals surface area contributed by atoms with Crippen LogP contribution in [0.1, 0.15) is 25.0 Å². The monoisotopic (exact) mass is 236 g/mol. The van der Waals surface area contributed by atoms with E-state index in [1.165, 1.54) is 0 Å². The van der Waals surface area contributed by atoms with Crippen molar-refractivity contribution in [2.45, 2.75) is 26.9 Å². The Morgan fingerprint density at radius 2 is 2.18 bits per heavy atom. The molecule has 0 aromatic heterocycles. The molecule has 5 nitrogen and oxygen atoms in total. The molecule has 0 bridgehead atoms. The number of nitrogens with zero attached hydrogens (tertiary/aromatic N) is 1. The predicted molar refractivity (Wildman–Crippen MR) is 64.5 cm³/mol. The molecule has 0 radical (unpaired) electrons. The van der Waals surface area contributed by atoms with E-state index in [2.05, 4.69) is 5.16 Å². The number of benzene rings is 1. The fourth-order valence-electron chi connectivity index (χ4n) is 1.33. The molecular formula is C12H16N2O3. The van der Waals surface area contributed by atoms with Gasteiger partial charge in [0.1, 0.15) is 5.75 Å². The summed E-state index contributed by atoms with van der Waals surface area (Å²) in [5.74, 6) is -0.0670. The number of rotatable bonds is 4. The van der Waals surface area contributed by atoms with Gasteiger partial charge in [-0.3, -0.25) is 4.79 Å². The first-order valence-electron chi connectivity index (χ1n) is 5.21. The fraction of sp³-hybridized carbons (Fsp3) is 0.333. The van der Waals surface area contributed by atoms with Gasteiger partial charge in [0, 0.05) is 5.56 Å². The van der Waals surface area contributed by atoms with E-state index in [0.29, 0.717) is 17.0 Å². The highest BCUT2D eigenvalue weighted by molar-refractivity contribution is 6.00. The molecule has 1 atom stereocenters. The Kier molecular flexibility index (Phi) is 4.09. The maximum Gasteiger partial charge on any atom is 0.258 e. The number of carbonyl (C=O) groups is 1. The van der Waals surface area contributed by atoms with Gasteiger partial charge in [-0.15, -0.1) is 0 Å². The highest BCUT2D eigenvalue weighted by Crippen LogP contribution is 2.22. The molecule has 0 saturated heterocycles. The van der Waals surface area contributed by atoms with Crippen molar-refractivity contribution >= 4 is 11.6 Å². The Labute approximate surface area is 99.9 Å². The molecule has 1 aromatic carbocycles. The van der Waals surface area contributed by atoms with Crippen molar-refractivity contribution in [3.05, 3.63) is 29.3 Å². The first kappa shape index (κ1) is 13.0. The van der Waals surface area contributed by atoms with Crippen molar-refractivity contribution in [1.82, 2.24) is 0 Å². The number of ether oxygens (including phenoxy) is 1. The molecule has 1 unspecified atom stereocenters. The maximum atomic E-state index is 11.0. The smallest absolute Gasteiger partial charge is 0.258 e. The standard InChI is InChI=1S/C12H16N2O3/c1-7-4-5-10(8(2)14-16)11(6-7)17-9(3)12(13)15/h4-6,9,16H,1-3H3,(H2,13,15). The Hall–Kier alpha value is -2.04. The third-order valence-electron chi connectivity index (χ3n) is 2.38. The molecule has 17 heavy (non-hydrogen) atoms. The minimum atomic E-state index is -0.734. The molecule has 0 aliphatic rings. The maximum absolute atomic E-state index is 11.0. The minimum absolute atomic E-state index is 0.414. The summed E-state index contributed by atoms with van der Waals surface area (Å²) >= 11 is 0. The van der Waals surface area contributed by atoms with Gasteiger partial charge in [0.2, 0.25) is 0 Å². The van der Waals surface area contributed by atoms with Crippen LogP contribution < -0.4 is 10.5 Å². The summed E-state index contributed by atoms with van der Waals surface area (Å²) in [6, 6.07) is 5.41. The van der Waals surface area contributed by atoms with Crippen LogP contribution in [0.4, 0.5) is 0 Å². The molecule has 92 valence electrons. The molecule has 5 heteroatoms. The average Bonchev–Trinajstić information content (AvgIpc) is 2.28. The zero-order valence-electron chi connectivity index (χ0n) is 10.1.